The molecule has 0 radical (unpaired) electrons. The van der Waals surface area contributed by atoms with Gasteiger partial charge in [-0.05, 0) is 25.0 Å². The molecule has 6 nitrogen and oxygen atoms in total. The first-order valence-corrected chi connectivity index (χ1v) is 9.37. The molecule has 3 rings (SSSR count). The van der Waals surface area contributed by atoms with Gasteiger partial charge >= 0.3 is 0 Å². The molecule has 0 amide bonds. The lowest BCUT2D eigenvalue weighted by molar-refractivity contribution is -0.0586. The van der Waals surface area contributed by atoms with Crippen LogP contribution in [0.25, 0.3) is 0 Å². The first kappa shape index (κ1) is 16.5. The van der Waals surface area contributed by atoms with Crippen molar-refractivity contribution in [2.24, 2.45) is 0 Å². The summed E-state index contributed by atoms with van der Waals surface area (Å²) in [6.45, 7) is 0.831. The van der Waals surface area contributed by atoms with Gasteiger partial charge in [0.25, 0.3) is 0 Å². The van der Waals surface area contributed by atoms with Crippen LogP contribution in [-0.4, -0.2) is 52.2 Å². The lowest BCUT2D eigenvalue weighted by Crippen LogP contribution is -2.54. The molecule has 2 atom stereocenters. The Labute approximate surface area is 137 Å². The quantitative estimate of drug-likeness (QED) is 0.838. The van der Waals surface area contributed by atoms with Gasteiger partial charge in [-0.15, -0.1) is 0 Å². The van der Waals surface area contributed by atoms with E-state index < -0.39 is 10.0 Å². The van der Waals surface area contributed by atoms with Crippen LogP contribution >= 0.6 is 0 Å². The van der Waals surface area contributed by atoms with E-state index in [9.17, 15) is 8.42 Å². The Balaban J connectivity index is 1.97. The number of hydrogen-bond donors (Lipinski definition) is 0. The second kappa shape index (κ2) is 6.67. The van der Waals surface area contributed by atoms with E-state index in [0.717, 1.165) is 25.7 Å². The second-order valence-electron chi connectivity index (χ2n) is 5.89. The van der Waals surface area contributed by atoms with Crippen molar-refractivity contribution < 1.29 is 22.6 Å². The van der Waals surface area contributed by atoms with Crippen LogP contribution in [0.2, 0.25) is 0 Å². The van der Waals surface area contributed by atoms with Gasteiger partial charge in [-0.1, -0.05) is 12.8 Å². The van der Waals surface area contributed by atoms with Gasteiger partial charge in [0.15, 0.2) is 0 Å². The molecule has 0 bridgehead atoms. The number of benzene rings is 1. The van der Waals surface area contributed by atoms with E-state index in [0.29, 0.717) is 24.7 Å². The van der Waals surface area contributed by atoms with E-state index in [1.165, 1.54) is 14.2 Å². The third kappa shape index (κ3) is 3.05. The molecule has 0 spiro atoms. The first-order chi connectivity index (χ1) is 11.1. The van der Waals surface area contributed by atoms with Gasteiger partial charge < -0.3 is 14.2 Å². The summed E-state index contributed by atoms with van der Waals surface area (Å²) in [6.07, 6.45) is 3.92. The summed E-state index contributed by atoms with van der Waals surface area (Å²) >= 11 is 0. The maximum atomic E-state index is 13.2. The summed E-state index contributed by atoms with van der Waals surface area (Å²) in [5, 5.41) is 0. The average Bonchev–Trinajstić information content (AvgIpc) is 2.60. The summed E-state index contributed by atoms with van der Waals surface area (Å²) in [5.41, 5.74) is 0. The van der Waals surface area contributed by atoms with Crippen molar-refractivity contribution in [1.82, 2.24) is 4.31 Å². The van der Waals surface area contributed by atoms with E-state index in [2.05, 4.69) is 0 Å². The highest BCUT2D eigenvalue weighted by atomic mass is 32.2. The Morgan fingerprint density at radius 2 is 1.96 bits per heavy atom. The monoisotopic (exact) mass is 341 g/mol. The summed E-state index contributed by atoms with van der Waals surface area (Å²) in [7, 11) is -0.619. The van der Waals surface area contributed by atoms with Crippen molar-refractivity contribution >= 4 is 10.0 Å². The average molecular weight is 341 g/mol. The minimum Gasteiger partial charge on any atom is -0.497 e. The minimum atomic E-state index is -3.63. The predicted molar refractivity (Wildman–Crippen MR) is 85.4 cm³/mol. The SMILES string of the molecule is COc1ccc(S(=O)(=O)N2CCO[C@H]3CCCC[C@@H]32)c(OC)c1. The normalized spacial score (nSPS) is 25.7. The Hall–Kier alpha value is -1.31. The highest BCUT2D eigenvalue weighted by Gasteiger charge is 2.41. The van der Waals surface area contributed by atoms with Gasteiger partial charge in [0.2, 0.25) is 10.0 Å². The van der Waals surface area contributed by atoms with Crippen LogP contribution in [-0.2, 0) is 14.8 Å². The molecule has 0 aromatic heterocycles. The number of rotatable bonds is 4. The van der Waals surface area contributed by atoms with Crippen molar-refractivity contribution in [2.45, 2.75) is 42.7 Å². The molecule has 1 heterocycles. The summed E-state index contributed by atoms with van der Waals surface area (Å²) in [6, 6.07) is 4.73. The van der Waals surface area contributed by atoms with E-state index in [1.807, 2.05) is 0 Å². The van der Waals surface area contributed by atoms with E-state index in [1.54, 1.807) is 22.5 Å². The molecular weight excluding hydrogens is 318 g/mol. The fourth-order valence-corrected chi connectivity index (χ4v) is 5.28. The van der Waals surface area contributed by atoms with Crippen molar-refractivity contribution in [3.05, 3.63) is 18.2 Å². The van der Waals surface area contributed by atoms with Gasteiger partial charge in [0.1, 0.15) is 16.4 Å². The Morgan fingerprint density at radius 1 is 1.17 bits per heavy atom. The molecule has 23 heavy (non-hydrogen) atoms. The molecule has 1 aromatic rings. The van der Waals surface area contributed by atoms with Crippen LogP contribution in [0, 0.1) is 0 Å². The predicted octanol–water partition coefficient (Wildman–Crippen LogP) is 2.04. The summed E-state index contributed by atoms with van der Waals surface area (Å²) < 4.78 is 44.2. The van der Waals surface area contributed by atoms with Gasteiger partial charge in [0.05, 0.1) is 33.0 Å². The van der Waals surface area contributed by atoms with Gasteiger partial charge in [0, 0.05) is 12.6 Å². The third-order valence-electron chi connectivity index (χ3n) is 4.64. The van der Waals surface area contributed by atoms with Crippen molar-refractivity contribution in [2.75, 3.05) is 27.4 Å². The number of hydrogen-bond acceptors (Lipinski definition) is 5. The Kier molecular flexibility index (Phi) is 4.79. The van der Waals surface area contributed by atoms with Crippen LogP contribution in [0.3, 0.4) is 0 Å². The fraction of sp³-hybridized carbons (Fsp3) is 0.625. The lowest BCUT2D eigenvalue weighted by atomic mass is 9.91. The standard InChI is InChI=1S/C16H23NO5S/c1-20-12-7-8-16(15(11-12)21-2)23(18,19)17-9-10-22-14-6-4-3-5-13(14)17/h7-8,11,13-14H,3-6,9-10H2,1-2H3/t13-,14-/m0/s1. The minimum absolute atomic E-state index is 0.0107. The lowest BCUT2D eigenvalue weighted by Gasteiger charge is -2.42. The largest absolute Gasteiger partial charge is 0.497 e. The highest BCUT2D eigenvalue weighted by molar-refractivity contribution is 7.89. The van der Waals surface area contributed by atoms with Crippen LogP contribution in [0.5, 0.6) is 11.5 Å². The topological polar surface area (TPSA) is 65.1 Å². The summed E-state index contributed by atoms with van der Waals surface area (Å²) in [4.78, 5) is 0.187. The van der Waals surface area contributed by atoms with E-state index in [4.69, 9.17) is 14.2 Å². The summed E-state index contributed by atoms with van der Waals surface area (Å²) in [5.74, 6) is 0.876. The zero-order chi connectivity index (χ0) is 16.4. The maximum absolute atomic E-state index is 13.2. The molecule has 7 heteroatoms. The zero-order valence-corrected chi connectivity index (χ0v) is 14.3. The van der Waals surface area contributed by atoms with Crippen molar-refractivity contribution in [1.29, 1.82) is 0 Å². The van der Waals surface area contributed by atoms with Crippen LogP contribution in [0.4, 0.5) is 0 Å². The number of ether oxygens (including phenoxy) is 3. The highest BCUT2D eigenvalue weighted by Crippen LogP contribution is 2.36. The molecule has 1 saturated heterocycles. The molecule has 0 N–H and O–H groups in total. The van der Waals surface area contributed by atoms with Gasteiger partial charge in [-0.25, -0.2) is 8.42 Å². The number of fused-ring (bicyclic) bond motifs is 1. The van der Waals surface area contributed by atoms with Gasteiger partial charge in [-0.3, -0.25) is 0 Å². The number of morpholine rings is 1. The van der Waals surface area contributed by atoms with E-state index >= 15 is 0 Å². The zero-order valence-electron chi connectivity index (χ0n) is 13.5. The van der Waals surface area contributed by atoms with Crippen LogP contribution < -0.4 is 9.47 Å². The van der Waals surface area contributed by atoms with Crippen LogP contribution in [0.1, 0.15) is 25.7 Å². The second-order valence-corrected chi connectivity index (χ2v) is 7.75. The number of nitrogens with zero attached hydrogens (tertiary/aromatic N) is 1. The molecule has 128 valence electrons. The first-order valence-electron chi connectivity index (χ1n) is 7.93. The van der Waals surface area contributed by atoms with Gasteiger partial charge in [-0.2, -0.15) is 4.31 Å². The molecule has 2 aliphatic rings. The molecule has 1 aliphatic heterocycles. The molecule has 1 aliphatic carbocycles. The smallest absolute Gasteiger partial charge is 0.247 e. The third-order valence-corrected chi connectivity index (χ3v) is 6.60. The molecule has 0 unspecified atom stereocenters. The van der Waals surface area contributed by atoms with E-state index in [-0.39, 0.29) is 17.0 Å². The van der Waals surface area contributed by atoms with Crippen molar-refractivity contribution in [3.63, 3.8) is 0 Å². The number of methoxy groups -OCH3 is 2. The van der Waals surface area contributed by atoms with Crippen LogP contribution in [0.15, 0.2) is 23.1 Å². The fourth-order valence-electron chi connectivity index (χ4n) is 3.47. The molecule has 2 fully saturated rings. The Morgan fingerprint density at radius 3 is 2.70 bits per heavy atom. The maximum Gasteiger partial charge on any atom is 0.247 e. The number of sulfonamides is 1. The molecular formula is C16H23NO5S. The Bertz CT molecular complexity index is 658. The molecule has 1 aromatic carbocycles. The molecule has 1 saturated carbocycles. The van der Waals surface area contributed by atoms with Crippen molar-refractivity contribution in [3.8, 4) is 11.5 Å².